The minimum Gasteiger partial charge on any atom is -0.393 e. The van der Waals surface area contributed by atoms with E-state index in [4.69, 9.17) is 18.0 Å². The molecule has 1 amide bonds. The number of amides is 1. The molecule has 0 spiro atoms. The lowest BCUT2D eigenvalue weighted by Gasteiger charge is -2.10. The van der Waals surface area contributed by atoms with Crippen LogP contribution in [0.4, 0.5) is 0 Å². The van der Waals surface area contributed by atoms with E-state index in [0.717, 1.165) is 12.1 Å². The molecule has 0 radical (unpaired) electrons. The molecule has 1 aromatic rings. The van der Waals surface area contributed by atoms with Gasteiger partial charge in [-0.2, -0.15) is 0 Å². The van der Waals surface area contributed by atoms with Crippen LogP contribution in [-0.4, -0.2) is 43.0 Å². The number of nitrogens with two attached hydrogens (primary N) is 1. The number of hydrogen-bond donors (Lipinski definition) is 2. The number of carbonyl (C=O) groups excluding carboxylic acids is 1. The third kappa shape index (κ3) is 5.25. The first-order valence-electron chi connectivity index (χ1n) is 5.79. The fourth-order valence-corrected chi connectivity index (χ4v) is 1.69. The van der Waals surface area contributed by atoms with Crippen molar-refractivity contribution in [3.05, 3.63) is 35.4 Å². The summed E-state index contributed by atoms with van der Waals surface area (Å²) in [5.74, 6) is -0.0679. The van der Waals surface area contributed by atoms with Crippen molar-refractivity contribution in [3.63, 3.8) is 0 Å². The van der Waals surface area contributed by atoms with Crippen molar-refractivity contribution in [2.45, 2.75) is 6.42 Å². The zero-order chi connectivity index (χ0) is 13.5. The second-order valence-electron chi connectivity index (χ2n) is 4.40. The maximum absolute atomic E-state index is 11.9. The molecule has 1 aromatic carbocycles. The molecule has 0 saturated carbocycles. The molecule has 0 unspecified atom stereocenters. The van der Waals surface area contributed by atoms with Crippen molar-refractivity contribution in [3.8, 4) is 0 Å². The van der Waals surface area contributed by atoms with Gasteiger partial charge in [0.1, 0.15) is 0 Å². The molecule has 18 heavy (non-hydrogen) atoms. The van der Waals surface area contributed by atoms with Crippen LogP contribution in [0.15, 0.2) is 24.3 Å². The monoisotopic (exact) mass is 265 g/mol. The van der Waals surface area contributed by atoms with Crippen LogP contribution >= 0.6 is 12.2 Å². The molecule has 3 N–H and O–H groups in total. The summed E-state index contributed by atoms with van der Waals surface area (Å²) in [5, 5.41) is 2.87. The number of likely N-dealkylation sites (N-methyl/N-ethyl adjacent to an activating group) is 1. The molecule has 0 heterocycles. The highest BCUT2D eigenvalue weighted by Gasteiger charge is 2.06. The SMILES string of the molecule is CN(C)CCNC(=O)c1cccc(CC(N)=S)c1. The van der Waals surface area contributed by atoms with Crippen LogP contribution in [0.1, 0.15) is 15.9 Å². The minimum atomic E-state index is -0.0679. The molecule has 0 saturated heterocycles. The van der Waals surface area contributed by atoms with Crippen molar-refractivity contribution in [2.24, 2.45) is 5.73 Å². The second kappa shape index (κ2) is 7.08. The normalized spacial score (nSPS) is 10.4. The molecule has 1 rings (SSSR count). The summed E-state index contributed by atoms with van der Waals surface area (Å²) in [5.41, 5.74) is 7.09. The van der Waals surface area contributed by atoms with Gasteiger partial charge in [-0.05, 0) is 31.8 Å². The number of thiocarbonyl (C=S) groups is 1. The molecular weight excluding hydrogens is 246 g/mol. The van der Waals surface area contributed by atoms with Crippen molar-refractivity contribution < 1.29 is 4.79 Å². The number of carbonyl (C=O) groups is 1. The van der Waals surface area contributed by atoms with E-state index in [-0.39, 0.29) is 5.91 Å². The fraction of sp³-hybridized carbons (Fsp3) is 0.385. The predicted molar refractivity (Wildman–Crippen MR) is 77.8 cm³/mol. The van der Waals surface area contributed by atoms with Gasteiger partial charge in [0.05, 0.1) is 4.99 Å². The first kappa shape index (κ1) is 14.6. The highest BCUT2D eigenvalue weighted by atomic mass is 32.1. The zero-order valence-corrected chi connectivity index (χ0v) is 11.6. The summed E-state index contributed by atoms with van der Waals surface area (Å²) in [6, 6.07) is 7.36. The summed E-state index contributed by atoms with van der Waals surface area (Å²) in [6.07, 6.45) is 0.522. The van der Waals surface area contributed by atoms with Crippen molar-refractivity contribution in [1.29, 1.82) is 0 Å². The van der Waals surface area contributed by atoms with E-state index in [1.165, 1.54) is 0 Å². The van der Waals surface area contributed by atoms with Crippen LogP contribution in [-0.2, 0) is 6.42 Å². The summed E-state index contributed by atoms with van der Waals surface area (Å²) in [7, 11) is 3.93. The Kier molecular flexibility index (Phi) is 5.74. The molecule has 4 nitrogen and oxygen atoms in total. The van der Waals surface area contributed by atoms with Gasteiger partial charge in [-0.15, -0.1) is 0 Å². The Morgan fingerprint density at radius 2 is 2.17 bits per heavy atom. The lowest BCUT2D eigenvalue weighted by Crippen LogP contribution is -2.31. The van der Waals surface area contributed by atoms with Gasteiger partial charge in [0.25, 0.3) is 5.91 Å². The lowest BCUT2D eigenvalue weighted by molar-refractivity contribution is 0.0951. The third-order valence-electron chi connectivity index (χ3n) is 2.41. The highest BCUT2D eigenvalue weighted by molar-refractivity contribution is 7.80. The molecular formula is C13H19N3OS. The Bertz CT molecular complexity index is 432. The van der Waals surface area contributed by atoms with E-state index in [1.807, 2.05) is 37.2 Å². The number of hydrogen-bond acceptors (Lipinski definition) is 3. The van der Waals surface area contributed by atoms with Gasteiger partial charge in [0, 0.05) is 25.1 Å². The highest BCUT2D eigenvalue weighted by Crippen LogP contribution is 2.06. The molecule has 0 fully saturated rings. The van der Waals surface area contributed by atoms with Crippen molar-refractivity contribution >= 4 is 23.1 Å². The third-order valence-corrected chi connectivity index (χ3v) is 2.56. The first-order chi connectivity index (χ1) is 8.49. The first-order valence-corrected chi connectivity index (χ1v) is 6.20. The maximum Gasteiger partial charge on any atom is 0.251 e. The van der Waals surface area contributed by atoms with E-state index in [0.29, 0.717) is 23.5 Å². The van der Waals surface area contributed by atoms with E-state index in [9.17, 15) is 4.79 Å². The smallest absolute Gasteiger partial charge is 0.251 e. The second-order valence-corrected chi connectivity index (χ2v) is 4.93. The zero-order valence-electron chi connectivity index (χ0n) is 10.8. The fourth-order valence-electron chi connectivity index (χ4n) is 1.52. The molecule has 0 aromatic heterocycles. The Morgan fingerprint density at radius 1 is 1.44 bits per heavy atom. The Labute approximate surface area is 113 Å². The number of nitrogens with one attached hydrogen (secondary N) is 1. The van der Waals surface area contributed by atoms with E-state index < -0.39 is 0 Å². The van der Waals surface area contributed by atoms with E-state index >= 15 is 0 Å². The number of rotatable bonds is 6. The largest absolute Gasteiger partial charge is 0.393 e. The van der Waals surface area contributed by atoms with Gasteiger partial charge in [-0.25, -0.2) is 0 Å². The number of nitrogens with zero attached hydrogens (tertiary/aromatic N) is 1. The molecule has 5 heteroatoms. The standard InChI is InChI=1S/C13H19N3OS/c1-16(2)7-6-15-13(17)11-5-3-4-10(8-11)9-12(14)18/h3-5,8H,6-7,9H2,1-2H3,(H2,14,18)(H,15,17). The number of benzene rings is 1. The predicted octanol–water partition coefficient (Wildman–Crippen LogP) is 0.807. The topological polar surface area (TPSA) is 58.4 Å². The minimum absolute atomic E-state index is 0.0679. The van der Waals surface area contributed by atoms with Gasteiger partial charge >= 0.3 is 0 Å². The van der Waals surface area contributed by atoms with Crippen molar-refractivity contribution in [1.82, 2.24) is 10.2 Å². The Balaban J connectivity index is 2.59. The van der Waals surface area contributed by atoms with Crippen LogP contribution < -0.4 is 11.1 Å². The molecule has 0 aliphatic heterocycles. The van der Waals surface area contributed by atoms with Gasteiger partial charge < -0.3 is 16.0 Å². The average Bonchev–Trinajstić information content (AvgIpc) is 2.27. The van der Waals surface area contributed by atoms with Crippen LogP contribution in [0.2, 0.25) is 0 Å². The van der Waals surface area contributed by atoms with Crippen LogP contribution in [0.5, 0.6) is 0 Å². The quantitative estimate of drug-likeness (QED) is 0.747. The van der Waals surface area contributed by atoms with Gasteiger partial charge in [0.2, 0.25) is 0 Å². The average molecular weight is 265 g/mol. The van der Waals surface area contributed by atoms with E-state index in [1.54, 1.807) is 6.07 Å². The van der Waals surface area contributed by atoms with Gasteiger partial charge in [0.15, 0.2) is 0 Å². The maximum atomic E-state index is 11.9. The van der Waals surface area contributed by atoms with Crippen LogP contribution in [0, 0.1) is 0 Å². The van der Waals surface area contributed by atoms with Gasteiger partial charge in [-0.3, -0.25) is 4.79 Å². The van der Waals surface area contributed by atoms with Crippen LogP contribution in [0.25, 0.3) is 0 Å². The molecule has 0 bridgehead atoms. The lowest BCUT2D eigenvalue weighted by atomic mass is 10.1. The molecule has 0 aliphatic rings. The molecule has 0 atom stereocenters. The summed E-state index contributed by atoms with van der Waals surface area (Å²) in [6.45, 7) is 1.45. The molecule has 0 aliphatic carbocycles. The summed E-state index contributed by atoms with van der Waals surface area (Å²) in [4.78, 5) is 14.3. The van der Waals surface area contributed by atoms with E-state index in [2.05, 4.69) is 5.32 Å². The summed E-state index contributed by atoms with van der Waals surface area (Å²) >= 11 is 4.86. The molecule has 98 valence electrons. The van der Waals surface area contributed by atoms with Crippen molar-refractivity contribution in [2.75, 3.05) is 27.2 Å². The Hall–Kier alpha value is -1.46. The Morgan fingerprint density at radius 3 is 2.78 bits per heavy atom. The van der Waals surface area contributed by atoms with Gasteiger partial charge in [-0.1, -0.05) is 24.4 Å². The summed E-state index contributed by atoms with van der Waals surface area (Å²) < 4.78 is 0. The van der Waals surface area contributed by atoms with Crippen LogP contribution in [0.3, 0.4) is 0 Å².